The Bertz CT molecular complexity index is 557. The molecule has 1 aromatic carbocycles. The molecule has 0 saturated carbocycles. The van der Waals surface area contributed by atoms with Gasteiger partial charge in [-0.2, -0.15) is 0 Å². The second kappa shape index (κ2) is 9.26. The Morgan fingerprint density at radius 3 is 2.17 bits per heavy atom. The maximum absolute atomic E-state index is 10.6. The third kappa shape index (κ3) is 8.94. The second-order valence-electron chi connectivity index (χ2n) is 4.65. The maximum Gasteiger partial charge on any atom is 0.411 e. The first-order valence-corrected chi connectivity index (χ1v) is 8.03. The normalized spacial score (nSPS) is 13.0. The molecule has 0 bridgehead atoms. The predicted octanol–water partition coefficient (Wildman–Crippen LogP) is 0.874. The number of benzene rings is 1. The Kier molecular flexibility index (Phi) is 8.49. The van der Waals surface area contributed by atoms with Gasteiger partial charge in [0, 0.05) is 12.6 Å². The lowest BCUT2D eigenvalue weighted by Gasteiger charge is -2.23. The van der Waals surface area contributed by atoms with Gasteiger partial charge in [-0.3, -0.25) is 14.7 Å². The van der Waals surface area contributed by atoms with E-state index in [2.05, 4.69) is 15.4 Å². The van der Waals surface area contributed by atoms with E-state index in [1.54, 1.807) is 12.1 Å². The minimum atomic E-state index is -4.58. The number of hydrogen-bond donors (Lipinski definition) is 5. The number of nitrogens with one attached hydrogen (secondary N) is 2. The number of carbonyl (C=O) groups is 2. The van der Waals surface area contributed by atoms with Gasteiger partial charge in [0.2, 0.25) is 5.91 Å². The van der Waals surface area contributed by atoms with E-state index < -0.39 is 31.5 Å². The number of anilines is 1. The molecule has 1 unspecified atom stereocenters. The largest absolute Gasteiger partial charge is 0.453 e. The van der Waals surface area contributed by atoms with E-state index in [4.69, 9.17) is 14.9 Å². The summed E-state index contributed by atoms with van der Waals surface area (Å²) >= 11 is 0. The molecule has 130 valence electrons. The quantitative estimate of drug-likeness (QED) is 0.508. The summed E-state index contributed by atoms with van der Waals surface area (Å²) < 4.78 is 15.0. The zero-order valence-electron chi connectivity index (χ0n) is 13.0. The highest BCUT2D eigenvalue weighted by Crippen LogP contribution is 2.47. The Morgan fingerprint density at radius 2 is 1.78 bits per heavy atom. The monoisotopic (exact) mass is 348 g/mol. The summed E-state index contributed by atoms with van der Waals surface area (Å²) in [5, 5.41) is 11.6. The summed E-state index contributed by atoms with van der Waals surface area (Å²) in [6.07, 6.45) is -0.448. The van der Waals surface area contributed by atoms with E-state index >= 15 is 0 Å². The molecular formula is C13H21N2O7P. The summed E-state index contributed by atoms with van der Waals surface area (Å²) in [6, 6.07) is 9.13. The topological polar surface area (TPSA) is 145 Å². The highest BCUT2D eigenvalue weighted by Gasteiger charge is 2.40. The van der Waals surface area contributed by atoms with Crippen LogP contribution in [0.25, 0.3) is 0 Å². The molecule has 0 saturated heterocycles. The number of rotatable bonds is 4. The van der Waals surface area contributed by atoms with Gasteiger partial charge in [-0.05, 0) is 19.1 Å². The van der Waals surface area contributed by atoms with Gasteiger partial charge in [0.15, 0.2) is 5.34 Å². The first-order chi connectivity index (χ1) is 10.5. The molecule has 0 heterocycles. The van der Waals surface area contributed by atoms with Gasteiger partial charge in [0.05, 0.1) is 13.7 Å². The highest BCUT2D eigenvalue weighted by molar-refractivity contribution is 7.53. The van der Waals surface area contributed by atoms with Crippen LogP contribution in [0.1, 0.15) is 13.8 Å². The Hall–Kier alpha value is -1.93. The Morgan fingerprint density at radius 1 is 1.26 bits per heavy atom. The van der Waals surface area contributed by atoms with Crippen LogP contribution in [0.2, 0.25) is 0 Å². The van der Waals surface area contributed by atoms with Crippen molar-refractivity contribution in [3.05, 3.63) is 30.3 Å². The summed E-state index contributed by atoms with van der Waals surface area (Å²) in [5.74, 6) is -0.455. The second-order valence-corrected chi connectivity index (χ2v) is 6.70. The number of methoxy groups -OCH3 is 1. The van der Waals surface area contributed by atoms with Crippen molar-refractivity contribution in [3.63, 3.8) is 0 Å². The number of para-hydroxylation sites is 1. The standard InChI is InChI=1S/C8H9NO2.C5H12NO5P/c1-11-8(10)9-7-5-3-2-4-6-7;1-4(7)6-3-5(2,8)12(9,10)11/h2-6H,1H3,(H,9,10);8H,3H2,1-2H3,(H,6,7)(H2,9,10,11). The Balaban J connectivity index is 0.000000422. The first-order valence-electron chi connectivity index (χ1n) is 6.42. The van der Waals surface area contributed by atoms with Crippen LogP contribution in [0.4, 0.5) is 10.5 Å². The average Bonchev–Trinajstić information content (AvgIpc) is 2.45. The fourth-order valence-electron chi connectivity index (χ4n) is 1.09. The zero-order chi connectivity index (χ0) is 18.1. The zero-order valence-corrected chi connectivity index (χ0v) is 13.9. The summed E-state index contributed by atoms with van der Waals surface area (Å²) in [4.78, 5) is 38.1. The minimum Gasteiger partial charge on any atom is -0.453 e. The summed E-state index contributed by atoms with van der Waals surface area (Å²) in [7, 11) is -3.25. The van der Waals surface area contributed by atoms with Crippen LogP contribution < -0.4 is 10.6 Å². The molecule has 0 aliphatic rings. The molecule has 0 aliphatic heterocycles. The molecule has 10 heteroatoms. The highest BCUT2D eigenvalue weighted by atomic mass is 31.2. The number of ether oxygens (including phenoxy) is 1. The van der Waals surface area contributed by atoms with Crippen LogP contribution in [0.5, 0.6) is 0 Å². The van der Waals surface area contributed by atoms with E-state index in [0.717, 1.165) is 12.6 Å². The molecule has 9 nitrogen and oxygen atoms in total. The van der Waals surface area contributed by atoms with E-state index in [-0.39, 0.29) is 0 Å². The van der Waals surface area contributed by atoms with Gasteiger partial charge < -0.3 is 24.9 Å². The van der Waals surface area contributed by atoms with Gasteiger partial charge in [-0.15, -0.1) is 0 Å². The third-order valence-electron chi connectivity index (χ3n) is 2.51. The van der Waals surface area contributed by atoms with E-state index in [0.29, 0.717) is 0 Å². The predicted molar refractivity (Wildman–Crippen MR) is 83.8 cm³/mol. The van der Waals surface area contributed by atoms with Crippen LogP contribution in [0, 0.1) is 0 Å². The molecule has 5 N–H and O–H groups in total. The van der Waals surface area contributed by atoms with Crippen molar-refractivity contribution in [1.29, 1.82) is 0 Å². The van der Waals surface area contributed by atoms with Crippen molar-refractivity contribution in [2.45, 2.75) is 19.2 Å². The molecule has 1 rings (SSSR count). The van der Waals surface area contributed by atoms with Crippen molar-refractivity contribution < 1.29 is 33.8 Å². The van der Waals surface area contributed by atoms with Crippen molar-refractivity contribution in [2.75, 3.05) is 19.0 Å². The van der Waals surface area contributed by atoms with Gasteiger partial charge >= 0.3 is 13.7 Å². The van der Waals surface area contributed by atoms with Crippen LogP contribution in [0.3, 0.4) is 0 Å². The first kappa shape index (κ1) is 21.1. The number of carbonyl (C=O) groups excluding carboxylic acids is 2. The molecule has 1 atom stereocenters. The summed E-state index contributed by atoms with van der Waals surface area (Å²) in [5.41, 5.74) is 0.736. The molecule has 0 spiro atoms. The van der Waals surface area contributed by atoms with E-state index in [9.17, 15) is 14.2 Å². The smallest absolute Gasteiger partial charge is 0.411 e. The van der Waals surface area contributed by atoms with Crippen molar-refractivity contribution >= 4 is 25.3 Å². The molecule has 0 radical (unpaired) electrons. The molecule has 0 fully saturated rings. The van der Waals surface area contributed by atoms with Crippen LogP contribution in [0.15, 0.2) is 30.3 Å². The van der Waals surface area contributed by atoms with Crippen molar-refractivity contribution in [2.24, 2.45) is 0 Å². The Labute approximate surface area is 133 Å². The molecule has 1 aromatic rings. The third-order valence-corrected chi connectivity index (χ3v) is 3.92. The van der Waals surface area contributed by atoms with Gasteiger partial charge in [0.25, 0.3) is 0 Å². The van der Waals surface area contributed by atoms with Crippen LogP contribution in [-0.4, -0.2) is 45.9 Å². The van der Waals surface area contributed by atoms with Crippen LogP contribution >= 0.6 is 7.60 Å². The van der Waals surface area contributed by atoms with E-state index in [1.165, 1.54) is 14.0 Å². The lowest BCUT2D eigenvalue weighted by molar-refractivity contribution is -0.119. The van der Waals surface area contributed by atoms with E-state index in [1.807, 2.05) is 18.2 Å². The maximum atomic E-state index is 10.6. The number of hydrogen-bond acceptors (Lipinski definition) is 5. The molecule has 0 aliphatic carbocycles. The minimum absolute atomic E-state index is 0.448. The molecule has 0 aromatic heterocycles. The molecule has 2 amide bonds. The SMILES string of the molecule is CC(=O)NCC(C)(O)P(=O)(O)O.COC(=O)Nc1ccccc1. The number of amides is 2. The molecular weight excluding hydrogens is 327 g/mol. The lowest BCUT2D eigenvalue weighted by Crippen LogP contribution is -2.39. The lowest BCUT2D eigenvalue weighted by atomic mass is 10.3. The fourth-order valence-corrected chi connectivity index (χ4v) is 1.37. The van der Waals surface area contributed by atoms with Gasteiger partial charge in [0.1, 0.15) is 0 Å². The molecule has 23 heavy (non-hydrogen) atoms. The average molecular weight is 348 g/mol. The fraction of sp³-hybridized carbons (Fsp3) is 0.385. The van der Waals surface area contributed by atoms with Crippen LogP contribution in [-0.2, 0) is 14.1 Å². The van der Waals surface area contributed by atoms with Crippen molar-refractivity contribution in [1.82, 2.24) is 5.32 Å². The van der Waals surface area contributed by atoms with Gasteiger partial charge in [-0.1, -0.05) is 18.2 Å². The van der Waals surface area contributed by atoms with Crippen molar-refractivity contribution in [3.8, 4) is 0 Å². The van der Waals surface area contributed by atoms with Gasteiger partial charge in [-0.25, -0.2) is 4.79 Å². The summed E-state index contributed by atoms with van der Waals surface area (Å²) in [6.45, 7) is 1.69. The number of aliphatic hydroxyl groups is 1.